The number of aromatic carboxylic acids is 1. The van der Waals surface area contributed by atoms with Crippen molar-refractivity contribution in [3.8, 4) is 0 Å². The highest BCUT2D eigenvalue weighted by Crippen LogP contribution is 2.45. The summed E-state index contributed by atoms with van der Waals surface area (Å²) in [6.07, 6.45) is 1.22. The molecule has 2 aliphatic rings. The fraction of sp³-hybridized carbons (Fsp3) is 0.346. The van der Waals surface area contributed by atoms with Crippen molar-refractivity contribution in [1.29, 1.82) is 0 Å². The summed E-state index contributed by atoms with van der Waals surface area (Å²) in [7, 11) is 0. The molecule has 6 rings (SSSR count). The first-order chi connectivity index (χ1) is 19.5. The monoisotopic (exact) mass is 550 g/mol. The van der Waals surface area contributed by atoms with Crippen LogP contribution in [0.3, 0.4) is 0 Å². The van der Waals surface area contributed by atoms with Gasteiger partial charge in [-0.05, 0) is 13.0 Å². The third-order valence-corrected chi connectivity index (χ3v) is 6.61. The number of carboxylic acid groups (broad SMARTS) is 1. The SMILES string of the molecule is CCNC(=O)Nc1ncnc2c1ncn2C1OC(COCc2occc2C(=O)O)C2O[C@H](c3ccccc3)OC21. The average Bonchev–Trinajstić information content (AvgIpc) is 3.74. The number of aromatic nitrogens is 4. The smallest absolute Gasteiger partial charge is 0.339 e. The first kappa shape index (κ1) is 25.9. The second-order valence-corrected chi connectivity index (χ2v) is 9.12. The maximum Gasteiger partial charge on any atom is 0.339 e. The van der Waals surface area contributed by atoms with Gasteiger partial charge in [0.25, 0.3) is 0 Å². The van der Waals surface area contributed by atoms with E-state index in [2.05, 4.69) is 25.6 Å². The molecule has 40 heavy (non-hydrogen) atoms. The Morgan fingerprint density at radius 2 is 1.90 bits per heavy atom. The zero-order chi connectivity index (χ0) is 27.6. The Bertz CT molecular complexity index is 1510. The van der Waals surface area contributed by atoms with Crippen molar-refractivity contribution < 1.29 is 38.1 Å². The topological polar surface area (TPSA) is 172 Å². The summed E-state index contributed by atoms with van der Waals surface area (Å²) in [5.74, 6) is -0.644. The zero-order valence-corrected chi connectivity index (χ0v) is 21.3. The lowest BCUT2D eigenvalue weighted by Crippen LogP contribution is -2.31. The van der Waals surface area contributed by atoms with Crippen LogP contribution >= 0.6 is 0 Å². The summed E-state index contributed by atoms with van der Waals surface area (Å²) in [6, 6.07) is 10.5. The molecule has 2 saturated heterocycles. The van der Waals surface area contributed by atoms with Gasteiger partial charge < -0.3 is 33.8 Å². The molecule has 0 aliphatic carbocycles. The summed E-state index contributed by atoms with van der Waals surface area (Å²) in [5.41, 5.74) is 1.70. The molecule has 3 aromatic heterocycles. The van der Waals surface area contributed by atoms with Crippen LogP contribution in [0.5, 0.6) is 0 Å². The molecule has 0 spiro atoms. The minimum atomic E-state index is -1.10. The van der Waals surface area contributed by atoms with Gasteiger partial charge in [0.1, 0.15) is 42.6 Å². The fourth-order valence-corrected chi connectivity index (χ4v) is 4.81. The number of imidazole rings is 1. The molecule has 208 valence electrons. The number of hydrogen-bond donors (Lipinski definition) is 3. The van der Waals surface area contributed by atoms with Crippen LogP contribution in [0.1, 0.15) is 41.1 Å². The highest BCUT2D eigenvalue weighted by Gasteiger charge is 2.54. The number of carboxylic acids is 1. The van der Waals surface area contributed by atoms with E-state index in [1.54, 1.807) is 10.9 Å². The summed E-state index contributed by atoms with van der Waals surface area (Å²) >= 11 is 0. The largest absolute Gasteiger partial charge is 0.478 e. The van der Waals surface area contributed by atoms with Crippen molar-refractivity contribution in [3.05, 3.63) is 72.2 Å². The van der Waals surface area contributed by atoms with Gasteiger partial charge in [-0.15, -0.1) is 0 Å². The molecule has 0 bridgehead atoms. The Balaban J connectivity index is 1.25. The van der Waals surface area contributed by atoms with E-state index in [-0.39, 0.29) is 30.4 Å². The number of carbonyl (C=O) groups excluding carboxylic acids is 1. The molecule has 14 nitrogen and oxygen atoms in total. The van der Waals surface area contributed by atoms with Crippen LogP contribution in [0.25, 0.3) is 11.2 Å². The summed E-state index contributed by atoms with van der Waals surface area (Å²) in [6.45, 7) is 2.28. The van der Waals surface area contributed by atoms with Gasteiger partial charge in [-0.1, -0.05) is 30.3 Å². The van der Waals surface area contributed by atoms with Crippen LogP contribution < -0.4 is 10.6 Å². The quantitative estimate of drug-likeness (QED) is 0.280. The van der Waals surface area contributed by atoms with Gasteiger partial charge >= 0.3 is 12.0 Å². The highest BCUT2D eigenvalue weighted by atomic mass is 16.8. The molecule has 2 amide bonds. The zero-order valence-electron chi connectivity index (χ0n) is 21.3. The number of urea groups is 1. The van der Waals surface area contributed by atoms with Crippen molar-refractivity contribution in [3.63, 3.8) is 0 Å². The number of amides is 2. The number of rotatable bonds is 9. The summed E-state index contributed by atoms with van der Waals surface area (Å²) in [4.78, 5) is 36.5. The summed E-state index contributed by atoms with van der Waals surface area (Å²) < 4.78 is 31.8. The molecule has 0 radical (unpaired) electrons. The Morgan fingerprint density at radius 1 is 1.07 bits per heavy atom. The van der Waals surface area contributed by atoms with Crippen molar-refractivity contribution in [2.45, 2.75) is 44.4 Å². The number of benzene rings is 1. The van der Waals surface area contributed by atoms with Gasteiger partial charge in [0, 0.05) is 12.1 Å². The highest BCUT2D eigenvalue weighted by molar-refractivity contribution is 5.95. The molecule has 4 aromatic rings. The van der Waals surface area contributed by atoms with Gasteiger partial charge in [0.05, 0.1) is 19.2 Å². The maximum atomic E-state index is 12.1. The molecule has 2 fully saturated rings. The van der Waals surface area contributed by atoms with Gasteiger partial charge in [-0.25, -0.2) is 24.5 Å². The Hall–Kier alpha value is -4.37. The normalized spacial score (nSPS) is 23.8. The molecule has 4 unspecified atom stereocenters. The number of carbonyl (C=O) groups is 2. The van der Waals surface area contributed by atoms with E-state index < -0.39 is 42.8 Å². The molecular weight excluding hydrogens is 524 g/mol. The van der Waals surface area contributed by atoms with E-state index in [4.69, 9.17) is 23.4 Å². The minimum absolute atomic E-state index is 0.0364. The van der Waals surface area contributed by atoms with E-state index >= 15 is 0 Å². The molecule has 0 saturated carbocycles. The van der Waals surface area contributed by atoms with Crippen LogP contribution in [-0.2, 0) is 25.6 Å². The van der Waals surface area contributed by atoms with Crippen molar-refractivity contribution >= 4 is 29.0 Å². The number of anilines is 1. The maximum absolute atomic E-state index is 12.1. The molecule has 2 aliphatic heterocycles. The number of nitrogens with one attached hydrogen (secondary N) is 2. The van der Waals surface area contributed by atoms with Crippen LogP contribution in [0.15, 0.2) is 59.7 Å². The Labute approximate surface area is 227 Å². The predicted molar refractivity (Wildman–Crippen MR) is 136 cm³/mol. The van der Waals surface area contributed by atoms with Gasteiger partial charge in [0.2, 0.25) is 0 Å². The number of hydrogen-bond acceptors (Lipinski definition) is 10. The van der Waals surface area contributed by atoms with E-state index in [0.29, 0.717) is 17.7 Å². The molecule has 14 heteroatoms. The number of furan rings is 1. The third-order valence-electron chi connectivity index (χ3n) is 6.61. The van der Waals surface area contributed by atoms with Crippen molar-refractivity contribution in [2.24, 2.45) is 0 Å². The lowest BCUT2D eigenvalue weighted by atomic mass is 10.1. The standard InChI is InChI=1S/C26H26N6O8/c1-2-27-26(35)31-21-18-22(29-12-28-21)32(13-30-18)23-20-19(39-25(40-20)14-6-4-3-5-7-14)17(38-23)11-36-10-16-15(24(33)34)8-9-37-16/h3-9,12-13,17,19-20,23,25H,2,10-11H2,1H3,(H,33,34)(H2,27,28,29,31,35)/t17?,19?,20?,23?,25-/m0/s1. The Morgan fingerprint density at radius 3 is 2.70 bits per heavy atom. The molecular formula is C26H26N6O8. The van der Waals surface area contributed by atoms with E-state index in [1.165, 1.54) is 18.7 Å². The molecule has 5 atom stereocenters. The van der Waals surface area contributed by atoms with Crippen molar-refractivity contribution in [1.82, 2.24) is 24.8 Å². The second-order valence-electron chi connectivity index (χ2n) is 9.12. The van der Waals surface area contributed by atoms with E-state index in [0.717, 1.165) is 5.56 Å². The van der Waals surface area contributed by atoms with E-state index in [1.807, 2.05) is 37.3 Å². The van der Waals surface area contributed by atoms with E-state index in [9.17, 15) is 14.7 Å². The van der Waals surface area contributed by atoms with Crippen LogP contribution in [0.4, 0.5) is 10.6 Å². The molecule has 3 N–H and O–H groups in total. The van der Waals surface area contributed by atoms with Crippen LogP contribution in [0.2, 0.25) is 0 Å². The van der Waals surface area contributed by atoms with Gasteiger partial charge in [-0.3, -0.25) is 9.88 Å². The second kappa shape index (κ2) is 11.0. The Kier molecular flexibility index (Phi) is 7.13. The van der Waals surface area contributed by atoms with Gasteiger partial charge in [-0.2, -0.15) is 0 Å². The predicted octanol–water partition coefficient (Wildman–Crippen LogP) is 2.86. The lowest BCUT2D eigenvalue weighted by Gasteiger charge is -2.21. The average molecular weight is 551 g/mol. The van der Waals surface area contributed by atoms with Gasteiger partial charge in [0.15, 0.2) is 29.5 Å². The lowest BCUT2D eigenvalue weighted by molar-refractivity contribution is -0.158. The summed E-state index contributed by atoms with van der Waals surface area (Å²) in [5, 5.41) is 14.7. The first-order valence-electron chi connectivity index (χ1n) is 12.6. The number of ether oxygens (including phenoxy) is 4. The van der Waals surface area contributed by atoms with Crippen molar-refractivity contribution in [2.75, 3.05) is 18.5 Å². The van der Waals surface area contributed by atoms with Crippen LogP contribution in [0, 0.1) is 0 Å². The minimum Gasteiger partial charge on any atom is -0.478 e. The van der Waals surface area contributed by atoms with Crippen LogP contribution in [-0.4, -0.2) is 68.1 Å². The number of nitrogens with zero attached hydrogens (tertiary/aromatic N) is 4. The third kappa shape index (κ3) is 4.88. The molecule has 1 aromatic carbocycles. The number of fused-ring (bicyclic) bond motifs is 2. The molecule has 5 heterocycles. The fourth-order valence-electron chi connectivity index (χ4n) is 4.81. The first-order valence-corrected chi connectivity index (χ1v) is 12.6.